The standard InChI is InChI=1S/C9H12BrN3O2S/c10-8-5-9(7-12-6-8)16(11,14)13-1-3-15-4-2-13/h5-7,11H,1-4H2. The van der Waals surface area contributed by atoms with Gasteiger partial charge in [0.2, 0.25) is 0 Å². The van der Waals surface area contributed by atoms with Crippen LogP contribution in [0, 0.1) is 4.78 Å². The van der Waals surface area contributed by atoms with E-state index < -0.39 is 9.92 Å². The third-order valence-electron chi connectivity index (χ3n) is 2.33. The average molecular weight is 306 g/mol. The number of halogens is 1. The van der Waals surface area contributed by atoms with Gasteiger partial charge in [-0.25, -0.2) is 13.3 Å². The first-order chi connectivity index (χ1) is 7.60. The Morgan fingerprint density at radius 1 is 1.44 bits per heavy atom. The van der Waals surface area contributed by atoms with Gasteiger partial charge < -0.3 is 4.74 Å². The van der Waals surface area contributed by atoms with Gasteiger partial charge in [-0.2, -0.15) is 0 Å². The lowest BCUT2D eigenvalue weighted by Crippen LogP contribution is -2.40. The second kappa shape index (κ2) is 4.79. The van der Waals surface area contributed by atoms with Gasteiger partial charge in [0.1, 0.15) is 9.92 Å². The summed E-state index contributed by atoms with van der Waals surface area (Å²) in [5.41, 5.74) is 0. The average Bonchev–Trinajstić information content (AvgIpc) is 2.30. The highest BCUT2D eigenvalue weighted by atomic mass is 79.9. The number of ether oxygens (including phenoxy) is 1. The lowest BCUT2D eigenvalue weighted by Gasteiger charge is -2.28. The smallest absolute Gasteiger partial charge is 0.138 e. The van der Waals surface area contributed by atoms with Gasteiger partial charge in [0.25, 0.3) is 0 Å². The van der Waals surface area contributed by atoms with Crippen LogP contribution in [-0.4, -0.2) is 39.8 Å². The van der Waals surface area contributed by atoms with E-state index >= 15 is 0 Å². The van der Waals surface area contributed by atoms with Gasteiger partial charge >= 0.3 is 0 Å². The molecule has 0 bridgehead atoms. The van der Waals surface area contributed by atoms with Crippen molar-refractivity contribution >= 4 is 25.8 Å². The molecule has 1 aromatic heterocycles. The van der Waals surface area contributed by atoms with E-state index in [1.165, 1.54) is 6.20 Å². The first kappa shape index (κ1) is 12.0. The molecule has 16 heavy (non-hydrogen) atoms. The van der Waals surface area contributed by atoms with Crippen LogP contribution in [0.4, 0.5) is 0 Å². The van der Waals surface area contributed by atoms with E-state index in [9.17, 15) is 4.21 Å². The summed E-state index contributed by atoms with van der Waals surface area (Å²) in [5.74, 6) is 0. The Hall–Kier alpha value is -0.500. The molecule has 2 rings (SSSR count). The van der Waals surface area contributed by atoms with Crippen LogP contribution in [0.5, 0.6) is 0 Å². The topological polar surface area (TPSA) is 66.3 Å². The Bertz CT molecular complexity index is 471. The maximum atomic E-state index is 12.4. The van der Waals surface area contributed by atoms with E-state index in [1.54, 1.807) is 16.6 Å². The second-order valence-electron chi connectivity index (χ2n) is 3.41. The van der Waals surface area contributed by atoms with Crippen molar-refractivity contribution in [2.45, 2.75) is 4.90 Å². The highest BCUT2D eigenvalue weighted by Gasteiger charge is 2.23. The minimum absolute atomic E-state index is 0.434. The summed E-state index contributed by atoms with van der Waals surface area (Å²) < 4.78 is 27.9. The van der Waals surface area contributed by atoms with Crippen LogP contribution < -0.4 is 0 Å². The Labute approximate surface area is 103 Å². The molecule has 1 unspecified atom stereocenters. The summed E-state index contributed by atoms with van der Waals surface area (Å²) in [7, 11) is -2.92. The lowest BCUT2D eigenvalue weighted by atomic mass is 10.5. The zero-order valence-electron chi connectivity index (χ0n) is 8.56. The molecular formula is C9H12BrN3O2S. The van der Waals surface area contributed by atoms with E-state index in [-0.39, 0.29) is 0 Å². The van der Waals surface area contributed by atoms with E-state index in [0.717, 1.165) is 4.47 Å². The van der Waals surface area contributed by atoms with Crippen LogP contribution in [0.2, 0.25) is 0 Å². The van der Waals surface area contributed by atoms with Crippen molar-refractivity contribution in [2.24, 2.45) is 0 Å². The van der Waals surface area contributed by atoms with Crippen LogP contribution in [0.15, 0.2) is 27.8 Å². The van der Waals surface area contributed by atoms with Gasteiger partial charge in [-0.3, -0.25) is 4.98 Å². The molecule has 1 aliphatic rings. The van der Waals surface area contributed by atoms with E-state index in [0.29, 0.717) is 31.2 Å². The van der Waals surface area contributed by atoms with Gasteiger partial charge in [-0.05, 0) is 22.0 Å². The van der Waals surface area contributed by atoms with Gasteiger partial charge in [0.15, 0.2) is 0 Å². The molecular weight excluding hydrogens is 294 g/mol. The molecule has 5 nitrogen and oxygen atoms in total. The van der Waals surface area contributed by atoms with Gasteiger partial charge in [-0.15, -0.1) is 0 Å². The summed E-state index contributed by atoms with van der Waals surface area (Å²) >= 11 is 3.26. The normalized spacial score (nSPS) is 21.6. The predicted molar refractivity (Wildman–Crippen MR) is 63.5 cm³/mol. The van der Waals surface area contributed by atoms with E-state index in [2.05, 4.69) is 20.9 Å². The minimum atomic E-state index is -2.92. The predicted octanol–water partition coefficient (Wildman–Crippen LogP) is 1.50. The quantitative estimate of drug-likeness (QED) is 0.900. The number of nitrogens with zero attached hydrogens (tertiary/aromatic N) is 2. The number of hydrogen-bond acceptors (Lipinski definition) is 4. The molecule has 0 aliphatic carbocycles. The van der Waals surface area contributed by atoms with Crippen molar-refractivity contribution < 1.29 is 8.95 Å². The summed E-state index contributed by atoms with van der Waals surface area (Å²) in [6, 6.07) is 1.68. The maximum absolute atomic E-state index is 12.4. The molecule has 1 fully saturated rings. The Morgan fingerprint density at radius 2 is 2.12 bits per heavy atom. The van der Waals surface area contributed by atoms with Crippen LogP contribution in [0.3, 0.4) is 0 Å². The van der Waals surface area contributed by atoms with Crippen LogP contribution in [-0.2, 0) is 14.7 Å². The Morgan fingerprint density at radius 3 is 2.75 bits per heavy atom. The van der Waals surface area contributed by atoms with Crippen molar-refractivity contribution in [3.8, 4) is 0 Å². The molecule has 1 atom stereocenters. The zero-order chi connectivity index (χ0) is 11.6. The summed E-state index contributed by atoms with van der Waals surface area (Å²) in [5, 5.41) is 0. The van der Waals surface area contributed by atoms with Crippen molar-refractivity contribution in [3.63, 3.8) is 0 Å². The zero-order valence-corrected chi connectivity index (χ0v) is 11.0. The molecule has 1 aromatic rings. The van der Waals surface area contributed by atoms with Crippen LogP contribution >= 0.6 is 15.9 Å². The van der Waals surface area contributed by atoms with Crippen molar-refractivity contribution in [1.29, 1.82) is 4.78 Å². The fourth-order valence-corrected chi connectivity index (χ4v) is 3.46. The van der Waals surface area contributed by atoms with Crippen molar-refractivity contribution in [2.75, 3.05) is 26.3 Å². The first-order valence-electron chi connectivity index (χ1n) is 4.83. The third-order valence-corrected chi connectivity index (χ3v) is 4.72. The molecule has 0 saturated carbocycles. The van der Waals surface area contributed by atoms with Gasteiger partial charge in [-0.1, -0.05) is 0 Å². The molecule has 0 radical (unpaired) electrons. The van der Waals surface area contributed by atoms with Gasteiger partial charge in [0, 0.05) is 30.0 Å². The summed E-state index contributed by atoms with van der Waals surface area (Å²) in [6.07, 6.45) is 3.09. The monoisotopic (exact) mass is 305 g/mol. The molecule has 0 spiro atoms. The molecule has 1 aliphatic heterocycles. The maximum Gasteiger partial charge on any atom is 0.138 e. The number of pyridine rings is 1. The lowest BCUT2D eigenvalue weighted by molar-refractivity contribution is 0.0743. The second-order valence-corrected chi connectivity index (χ2v) is 6.36. The molecule has 2 heterocycles. The number of aromatic nitrogens is 1. The molecule has 0 aromatic carbocycles. The number of nitrogens with one attached hydrogen (secondary N) is 1. The number of morpholine rings is 1. The molecule has 88 valence electrons. The minimum Gasteiger partial charge on any atom is -0.379 e. The number of rotatable bonds is 2. The Balaban J connectivity index is 2.30. The molecule has 7 heteroatoms. The highest BCUT2D eigenvalue weighted by Crippen LogP contribution is 2.20. The Kier molecular flexibility index (Phi) is 3.58. The third kappa shape index (κ3) is 2.42. The largest absolute Gasteiger partial charge is 0.379 e. The van der Waals surface area contributed by atoms with E-state index in [4.69, 9.17) is 9.52 Å². The first-order valence-corrected chi connectivity index (χ1v) is 7.14. The van der Waals surface area contributed by atoms with Crippen LogP contribution in [0.25, 0.3) is 0 Å². The van der Waals surface area contributed by atoms with Crippen LogP contribution in [0.1, 0.15) is 0 Å². The van der Waals surface area contributed by atoms with E-state index in [1.807, 2.05) is 0 Å². The van der Waals surface area contributed by atoms with Gasteiger partial charge in [0.05, 0.1) is 18.1 Å². The molecule has 1 N–H and O–H groups in total. The fraction of sp³-hybridized carbons (Fsp3) is 0.444. The van der Waals surface area contributed by atoms with Crippen molar-refractivity contribution in [1.82, 2.24) is 9.29 Å². The highest BCUT2D eigenvalue weighted by molar-refractivity contribution is 9.10. The summed E-state index contributed by atoms with van der Waals surface area (Å²) in [6.45, 7) is 2.10. The fourth-order valence-electron chi connectivity index (χ4n) is 1.50. The summed E-state index contributed by atoms with van der Waals surface area (Å²) in [4.78, 5) is 4.38. The number of hydrogen-bond donors (Lipinski definition) is 1. The van der Waals surface area contributed by atoms with Crippen molar-refractivity contribution in [3.05, 3.63) is 22.9 Å². The SMILES string of the molecule is N=S(=O)(c1cncc(Br)c1)N1CCOCC1. The molecule has 0 amide bonds. The molecule has 1 saturated heterocycles.